The number of fused-ring (bicyclic) bond motifs is 1. The normalized spacial score (nSPS) is 13.0. The van der Waals surface area contributed by atoms with Gasteiger partial charge >= 0.3 is 0 Å². The third-order valence-corrected chi connectivity index (χ3v) is 5.71. The zero-order chi connectivity index (χ0) is 15.6. The van der Waals surface area contributed by atoms with Gasteiger partial charge in [-0.2, -0.15) is 4.31 Å². The Balaban J connectivity index is 0.00000242. The van der Waals surface area contributed by atoms with E-state index in [9.17, 15) is 8.42 Å². The minimum absolute atomic E-state index is 0. The van der Waals surface area contributed by atoms with Crippen molar-refractivity contribution < 1.29 is 13.2 Å². The molecule has 0 fully saturated rings. The van der Waals surface area contributed by atoms with E-state index in [4.69, 9.17) is 10.5 Å². The maximum absolute atomic E-state index is 12.8. The molecular formula is C15H21ClN2O3S. The smallest absolute Gasteiger partial charge is 0.243 e. The van der Waals surface area contributed by atoms with Crippen LogP contribution in [0.1, 0.15) is 6.92 Å². The highest BCUT2D eigenvalue weighted by Crippen LogP contribution is 2.32. The zero-order valence-electron chi connectivity index (χ0n) is 12.8. The van der Waals surface area contributed by atoms with Gasteiger partial charge in [-0.25, -0.2) is 8.42 Å². The fraction of sp³-hybridized carbons (Fsp3) is 0.333. The van der Waals surface area contributed by atoms with Gasteiger partial charge in [0.05, 0.1) is 12.0 Å². The molecule has 5 nitrogen and oxygen atoms in total. The molecule has 2 aromatic carbocycles. The summed E-state index contributed by atoms with van der Waals surface area (Å²) < 4.78 is 32.2. The van der Waals surface area contributed by atoms with E-state index >= 15 is 0 Å². The summed E-state index contributed by atoms with van der Waals surface area (Å²) in [6.45, 7) is 2.05. The highest BCUT2D eigenvalue weighted by atomic mass is 35.5. The van der Waals surface area contributed by atoms with Crippen molar-refractivity contribution >= 4 is 33.2 Å². The Morgan fingerprint density at radius 1 is 1.18 bits per heavy atom. The molecule has 1 unspecified atom stereocenters. The van der Waals surface area contributed by atoms with Gasteiger partial charge in [0.1, 0.15) is 5.75 Å². The van der Waals surface area contributed by atoms with Gasteiger partial charge in [0.25, 0.3) is 0 Å². The second kappa shape index (κ2) is 7.28. The highest BCUT2D eigenvalue weighted by molar-refractivity contribution is 7.89. The number of methoxy groups -OCH3 is 1. The third-order valence-electron chi connectivity index (χ3n) is 3.68. The van der Waals surface area contributed by atoms with Crippen LogP contribution in [0.3, 0.4) is 0 Å². The lowest BCUT2D eigenvalue weighted by atomic mass is 10.1. The average Bonchev–Trinajstić information content (AvgIpc) is 2.51. The topological polar surface area (TPSA) is 72.6 Å². The second-order valence-electron chi connectivity index (χ2n) is 4.92. The van der Waals surface area contributed by atoms with Crippen molar-refractivity contribution in [3.05, 3.63) is 36.4 Å². The number of benzene rings is 2. The van der Waals surface area contributed by atoms with E-state index in [0.29, 0.717) is 11.1 Å². The van der Waals surface area contributed by atoms with Crippen LogP contribution in [0, 0.1) is 0 Å². The number of sulfonamides is 1. The molecule has 2 aromatic rings. The molecule has 0 saturated carbocycles. The van der Waals surface area contributed by atoms with E-state index in [1.807, 2.05) is 18.2 Å². The quantitative estimate of drug-likeness (QED) is 0.902. The van der Waals surface area contributed by atoms with Crippen LogP contribution in [-0.2, 0) is 10.0 Å². The predicted octanol–water partition coefficient (Wildman–Crippen LogP) is 2.24. The summed E-state index contributed by atoms with van der Waals surface area (Å²) in [7, 11) is -0.489. The van der Waals surface area contributed by atoms with Gasteiger partial charge in [-0.1, -0.05) is 24.3 Å². The van der Waals surface area contributed by atoms with Crippen LogP contribution in [0.4, 0.5) is 0 Å². The van der Waals surface area contributed by atoms with E-state index in [1.54, 1.807) is 39.3 Å². The average molecular weight is 345 g/mol. The maximum Gasteiger partial charge on any atom is 0.243 e. The van der Waals surface area contributed by atoms with Crippen LogP contribution in [0.5, 0.6) is 5.75 Å². The molecule has 0 spiro atoms. The van der Waals surface area contributed by atoms with Crippen LogP contribution in [0.2, 0.25) is 0 Å². The molecular weight excluding hydrogens is 324 g/mol. The van der Waals surface area contributed by atoms with Crippen molar-refractivity contribution in [1.82, 2.24) is 4.31 Å². The molecule has 0 bridgehead atoms. The van der Waals surface area contributed by atoms with Gasteiger partial charge in [-0.15, -0.1) is 12.4 Å². The van der Waals surface area contributed by atoms with Gasteiger partial charge in [0.15, 0.2) is 0 Å². The Labute approximate surface area is 137 Å². The molecule has 0 radical (unpaired) electrons. The van der Waals surface area contributed by atoms with Crippen LogP contribution >= 0.6 is 12.4 Å². The summed E-state index contributed by atoms with van der Waals surface area (Å²) >= 11 is 0. The number of rotatable bonds is 5. The number of halogens is 1. The number of hydrogen-bond acceptors (Lipinski definition) is 4. The molecule has 122 valence electrons. The van der Waals surface area contributed by atoms with Crippen molar-refractivity contribution in [2.75, 3.05) is 20.7 Å². The van der Waals surface area contributed by atoms with E-state index < -0.39 is 10.0 Å². The molecule has 22 heavy (non-hydrogen) atoms. The van der Waals surface area contributed by atoms with Gasteiger partial charge in [0, 0.05) is 30.4 Å². The Bertz CT molecular complexity index is 750. The molecule has 0 aliphatic carbocycles. The Hall–Kier alpha value is -1.34. The standard InChI is InChI=1S/C15H20N2O3S.ClH/c1-11(10-16)17(2)21(18,19)15-9-8-14(20-3)12-6-4-5-7-13(12)15;/h4-9,11H,10,16H2,1-3H3;1H. The zero-order valence-corrected chi connectivity index (χ0v) is 14.4. The van der Waals surface area contributed by atoms with Crippen LogP contribution in [0.15, 0.2) is 41.3 Å². The maximum atomic E-state index is 12.8. The molecule has 0 aromatic heterocycles. The summed E-state index contributed by atoms with van der Waals surface area (Å²) in [5.74, 6) is 0.652. The van der Waals surface area contributed by atoms with E-state index in [0.717, 1.165) is 5.39 Å². The van der Waals surface area contributed by atoms with Crippen LogP contribution < -0.4 is 10.5 Å². The van der Waals surface area contributed by atoms with E-state index in [-0.39, 0.29) is 29.9 Å². The molecule has 2 rings (SSSR count). The summed E-state index contributed by atoms with van der Waals surface area (Å²) in [5.41, 5.74) is 5.58. The largest absolute Gasteiger partial charge is 0.496 e. The van der Waals surface area contributed by atoms with Crippen molar-refractivity contribution in [3.8, 4) is 5.75 Å². The molecule has 1 atom stereocenters. The molecule has 0 heterocycles. The fourth-order valence-electron chi connectivity index (χ4n) is 2.19. The Kier molecular flexibility index (Phi) is 6.19. The minimum Gasteiger partial charge on any atom is -0.496 e. The first kappa shape index (κ1) is 18.7. The molecule has 0 aliphatic rings. The third kappa shape index (κ3) is 3.20. The van der Waals surface area contributed by atoms with E-state index in [1.165, 1.54) is 4.31 Å². The monoisotopic (exact) mass is 344 g/mol. The molecule has 0 aliphatic heterocycles. The lowest BCUT2D eigenvalue weighted by molar-refractivity contribution is 0.395. The number of ether oxygens (including phenoxy) is 1. The number of nitrogens with zero attached hydrogens (tertiary/aromatic N) is 1. The van der Waals surface area contributed by atoms with Gasteiger partial charge in [-0.05, 0) is 19.1 Å². The summed E-state index contributed by atoms with van der Waals surface area (Å²) in [4.78, 5) is 0.265. The van der Waals surface area contributed by atoms with E-state index in [2.05, 4.69) is 0 Å². The first-order valence-corrected chi connectivity index (χ1v) is 8.11. The first-order chi connectivity index (χ1) is 9.93. The lowest BCUT2D eigenvalue weighted by Gasteiger charge is -2.24. The first-order valence-electron chi connectivity index (χ1n) is 6.67. The number of likely N-dealkylation sites (N-methyl/N-ethyl adjacent to an activating group) is 1. The molecule has 0 saturated heterocycles. The predicted molar refractivity (Wildman–Crippen MR) is 91.2 cm³/mol. The van der Waals surface area contributed by atoms with Crippen molar-refractivity contribution in [1.29, 1.82) is 0 Å². The Morgan fingerprint density at radius 2 is 1.77 bits per heavy atom. The molecule has 7 heteroatoms. The summed E-state index contributed by atoms with van der Waals surface area (Å²) in [5, 5.41) is 1.42. The van der Waals surface area contributed by atoms with Crippen molar-refractivity contribution in [2.24, 2.45) is 5.73 Å². The van der Waals surface area contributed by atoms with Crippen LogP contribution in [0.25, 0.3) is 10.8 Å². The molecule has 2 N–H and O–H groups in total. The van der Waals surface area contributed by atoms with Gasteiger partial charge < -0.3 is 10.5 Å². The fourth-order valence-corrected chi connectivity index (χ4v) is 3.75. The SMILES string of the molecule is COc1ccc(S(=O)(=O)N(C)C(C)CN)c2ccccc12.Cl. The second-order valence-corrected chi connectivity index (χ2v) is 6.88. The van der Waals surface area contributed by atoms with Crippen LogP contribution in [-0.4, -0.2) is 39.5 Å². The minimum atomic E-state index is -3.60. The summed E-state index contributed by atoms with van der Waals surface area (Å²) in [6, 6.07) is 10.3. The highest BCUT2D eigenvalue weighted by Gasteiger charge is 2.26. The number of nitrogens with two attached hydrogens (primary N) is 1. The van der Waals surface area contributed by atoms with Crippen molar-refractivity contribution in [3.63, 3.8) is 0 Å². The van der Waals surface area contributed by atoms with Crippen molar-refractivity contribution in [2.45, 2.75) is 17.9 Å². The van der Waals surface area contributed by atoms with Gasteiger partial charge in [-0.3, -0.25) is 0 Å². The lowest BCUT2D eigenvalue weighted by Crippen LogP contribution is -2.39. The molecule has 0 amide bonds. The summed E-state index contributed by atoms with van der Waals surface area (Å²) in [6.07, 6.45) is 0. The Morgan fingerprint density at radius 3 is 2.32 bits per heavy atom. The number of hydrogen-bond donors (Lipinski definition) is 1. The van der Waals surface area contributed by atoms with Gasteiger partial charge in [0.2, 0.25) is 10.0 Å².